The fraction of sp³-hybridized carbons (Fsp3) is 0.667. The molecule has 24 heavy (non-hydrogen) atoms. The van der Waals surface area contributed by atoms with E-state index in [-0.39, 0.29) is 0 Å². The second-order valence-electron chi connectivity index (χ2n) is 7.71. The molecule has 0 aromatic heterocycles. The van der Waals surface area contributed by atoms with Crippen molar-refractivity contribution >= 4 is 5.97 Å². The predicted molar refractivity (Wildman–Crippen MR) is 97.4 cm³/mol. The van der Waals surface area contributed by atoms with Gasteiger partial charge in [0.05, 0.1) is 5.56 Å². The lowest BCUT2D eigenvalue weighted by Crippen LogP contribution is -2.44. The third-order valence-corrected chi connectivity index (χ3v) is 5.97. The number of aryl methyl sites for hydroxylation is 1. The third-order valence-electron chi connectivity index (χ3n) is 5.97. The zero-order valence-corrected chi connectivity index (χ0v) is 15.0. The van der Waals surface area contributed by atoms with E-state index in [0.717, 1.165) is 24.2 Å². The Morgan fingerprint density at radius 1 is 1.00 bits per heavy atom. The van der Waals surface area contributed by atoms with Gasteiger partial charge in [-0.2, -0.15) is 0 Å². The van der Waals surface area contributed by atoms with E-state index in [1.807, 2.05) is 13.0 Å². The Morgan fingerprint density at radius 2 is 1.54 bits per heavy atom. The Hall–Kier alpha value is -1.35. The normalized spacial score (nSPS) is 20.4. The van der Waals surface area contributed by atoms with E-state index in [0.29, 0.717) is 5.56 Å². The van der Waals surface area contributed by atoms with Crippen LogP contribution in [-0.4, -0.2) is 28.1 Å². The first kappa shape index (κ1) is 17.5. The van der Waals surface area contributed by atoms with Crippen molar-refractivity contribution in [2.24, 2.45) is 0 Å². The Morgan fingerprint density at radius 3 is 2.00 bits per heavy atom. The molecule has 3 nitrogen and oxygen atoms in total. The average Bonchev–Trinajstić information content (AvgIpc) is 2.61. The monoisotopic (exact) mass is 329 g/mol. The van der Waals surface area contributed by atoms with Gasteiger partial charge in [-0.3, -0.25) is 4.90 Å². The van der Waals surface area contributed by atoms with Crippen molar-refractivity contribution < 1.29 is 9.90 Å². The van der Waals surface area contributed by atoms with Crippen LogP contribution in [0.3, 0.4) is 0 Å². The molecule has 0 heterocycles. The van der Waals surface area contributed by atoms with Crippen LogP contribution in [-0.2, 0) is 6.54 Å². The molecule has 0 atom stereocenters. The molecular formula is C21H31NO2. The summed E-state index contributed by atoms with van der Waals surface area (Å²) in [6, 6.07) is 7.34. The van der Waals surface area contributed by atoms with E-state index >= 15 is 0 Å². The number of carboxylic acids is 1. The molecule has 0 aliphatic heterocycles. The lowest BCUT2D eigenvalue weighted by atomic mass is 9.88. The Bertz CT molecular complexity index is 539. The lowest BCUT2D eigenvalue weighted by molar-refractivity contribution is 0.0694. The van der Waals surface area contributed by atoms with Crippen LogP contribution in [0.5, 0.6) is 0 Å². The van der Waals surface area contributed by atoms with E-state index < -0.39 is 5.97 Å². The van der Waals surface area contributed by atoms with E-state index in [1.54, 1.807) is 6.07 Å². The van der Waals surface area contributed by atoms with Gasteiger partial charge in [-0.05, 0) is 49.8 Å². The number of nitrogens with zero attached hydrogens (tertiary/aromatic N) is 1. The third kappa shape index (κ3) is 4.18. The number of carbonyl (C=O) groups is 1. The van der Waals surface area contributed by atoms with Gasteiger partial charge in [0.15, 0.2) is 0 Å². The molecule has 1 aromatic carbocycles. The Balaban J connectivity index is 1.77. The number of aromatic carboxylic acids is 1. The van der Waals surface area contributed by atoms with Crippen molar-refractivity contribution in [2.75, 3.05) is 0 Å². The van der Waals surface area contributed by atoms with Crippen LogP contribution in [0.4, 0.5) is 0 Å². The Kier molecular flexibility index (Phi) is 5.94. The van der Waals surface area contributed by atoms with Crippen molar-refractivity contribution in [1.82, 2.24) is 4.90 Å². The molecular weight excluding hydrogens is 298 g/mol. The van der Waals surface area contributed by atoms with Gasteiger partial charge in [0, 0.05) is 18.6 Å². The minimum Gasteiger partial charge on any atom is -0.478 e. The summed E-state index contributed by atoms with van der Waals surface area (Å²) in [7, 11) is 0. The van der Waals surface area contributed by atoms with Crippen LogP contribution in [0.25, 0.3) is 0 Å². The van der Waals surface area contributed by atoms with Gasteiger partial charge in [0.25, 0.3) is 0 Å². The zero-order valence-electron chi connectivity index (χ0n) is 15.0. The summed E-state index contributed by atoms with van der Waals surface area (Å²) in [4.78, 5) is 14.0. The second-order valence-corrected chi connectivity index (χ2v) is 7.71. The molecule has 0 spiro atoms. The number of rotatable bonds is 5. The maximum Gasteiger partial charge on any atom is 0.335 e. The van der Waals surface area contributed by atoms with Crippen LogP contribution in [0.2, 0.25) is 0 Å². The number of carboxylic acid groups (broad SMARTS) is 1. The molecule has 0 bridgehead atoms. The van der Waals surface area contributed by atoms with Gasteiger partial charge in [0.1, 0.15) is 0 Å². The standard InChI is InChI=1S/C21H31NO2/c1-16-14-17(12-13-20(16)21(23)24)15-22(18-8-4-2-5-9-18)19-10-6-3-7-11-19/h12-14,18-19H,2-11,15H2,1H3,(H,23,24). The molecule has 2 saturated carbocycles. The minimum absolute atomic E-state index is 0.431. The second kappa shape index (κ2) is 8.15. The summed E-state index contributed by atoms with van der Waals surface area (Å²) in [5, 5.41) is 9.24. The van der Waals surface area contributed by atoms with Crippen molar-refractivity contribution in [3.8, 4) is 0 Å². The highest BCUT2D eigenvalue weighted by Crippen LogP contribution is 2.31. The first-order valence-corrected chi connectivity index (χ1v) is 9.73. The van der Waals surface area contributed by atoms with Gasteiger partial charge in [0.2, 0.25) is 0 Å². The molecule has 3 heteroatoms. The van der Waals surface area contributed by atoms with Crippen LogP contribution < -0.4 is 0 Å². The average molecular weight is 329 g/mol. The zero-order chi connectivity index (χ0) is 16.9. The van der Waals surface area contributed by atoms with Gasteiger partial charge in [-0.1, -0.05) is 50.7 Å². The van der Waals surface area contributed by atoms with Gasteiger partial charge in [-0.25, -0.2) is 4.79 Å². The summed E-state index contributed by atoms with van der Waals surface area (Å²) < 4.78 is 0. The van der Waals surface area contributed by atoms with E-state index in [1.165, 1.54) is 69.8 Å². The smallest absolute Gasteiger partial charge is 0.335 e. The highest BCUT2D eigenvalue weighted by atomic mass is 16.4. The molecule has 0 unspecified atom stereocenters. The molecule has 2 fully saturated rings. The fourth-order valence-electron chi connectivity index (χ4n) is 4.66. The predicted octanol–water partition coefficient (Wildman–Crippen LogP) is 5.16. The first-order valence-electron chi connectivity index (χ1n) is 9.73. The molecule has 0 amide bonds. The fourth-order valence-corrected chi connectivity index (χ4v) is 4.66. The number of benzene rings is 1. The van der Waals surface area contributed by atoms with E-state index in [2.05, 4.69) is 11.0 Å². The number of hydrogen-bond donors (Lipinski definition) is 1. The summed E-state index contributed by atoms with van der Waals surface area (Å²) in [6.45, 7) is 2.90. The maximum atomic E-state index is 11.2. The molecule has 132 valence electrons. The largest absolute Gasteiger partial charge is 0.478 e. The lowest BCUT2D eigenvalue weighted by Gasteiger charge is -2.42. The van der Waals surface area contributed by atoms with Crippen LogP contribution in [0, 0.1) is 6.92 Å². The quantitative estimate of drug-likeness (QED) is 0.811. The van der Waals surface area contributed by atoms with Gasteiger partial charge >= 0.3 is 5.97 Å². The molecule has 0 radical (unpaired) electrons. The molecule has 2 aliphatic rings. The van der Waals surface area contributed by atoms with Crippen molar-refractivity contribution in [1.29, 1.82) is 0 Å². The molecule has 0 saturated heterocycles. The highest BCUT2D eigenvalue weighted by molar-refractivity contribution is 5.89. The summed E-state index contributed by atoms with van der Waals surface area (Å²) in [5.41, 5.74) is 2.58. The molecule has 2 aliphatic carbocycles. The topological polar surface area (TPSA) is 40.5 Å². The SMILES string of the molecule is Cc1cc(CN(C2CCCCC2)C2CCCCC2)ccc1C(=O)O. The van der Waals surface area contributed by atoms with Crippen LogP contribution in [0.15, 0.2) is 18.2 Å². The minimum atomic E-state index is -0.824. The Labute approximate surface area is 146 Å². The van der Waals surface area contributed by atoms with Crippen molar-refractivity contribution in [3.63, 3.8) is 0 Å². The molecule has 1 N–H and O–H groups in total. The summed E-state index contributed by atoms with van der Waals surface area (Å²) in [5.74, 6) is -0.824. The molecule has 1 aromatic rings. The van der Waals surface area contributed by atoms with Crippen molar-refractivity contribution in [3.05, 3.63) is 34.9 Å². The van der Waals surface area contributed by atoms with E-state index in [9.17, 15) is 9.90 Å². The molecule has 3 rings (SSSR count). The maximum absolute atomic E-state index is 11.2. The van der Waals surface area contributed by atoms with Crippen molar-refractivity contribution in [2.45, 2.75) is 89.8 Å². The van der Waals surface area contributed by atoms with Crippen LogP contribution in [0.1, 0.15) is 85.7 Å². The summed E-state index contributed by atoms with van der Waals surface area (Å²) in [6.07, 6.45) is 13.6. The van der Waals surface area contributed by atoms with Gasteiger partial charge in [-0.15, -0.1) is 0 Å². The first-order chi connectivity index (χ1) is 11.6. The highest BCUT2D eigenvalue weighted by Gasteiger charge is 2.28. The van der Waals surface area contributed by atoms with E-state index in [4.69, 9.17) is 0 Å². The van der Waals surface area contributed by atoms with Crippen LogP contribution >= 0.6 is 0 Å². The summed E-state index contributed by atoms with van der Waals surface area (Å²) >= 11 is 0. The number of hydrogen-bond acceptors (Lipinski definition) is 2. The van der Waals surface area contributed by atoms with Gasteiger partial charge < -0.3 is 5.11 Å².